The van der Waals surface area contributed by atoms with Crippen molar-refractivity contribution in [2.75, 3.05) is 17.7 Å². The number of nitrogen functional groups attached to an aromatic ring is 1. The van der Waals surface area contributed by atoms with Gasteiger partial charge in [-0.2, -0.15) is 0 Å². The van der Waals surface area contributed by atoms with Crippen LogP contribution in [0.1, 0.15) is 5.56 Å². The highest BCUT2D eigenvalue weighted by atomic mass is 16.2. The van der Waals surface area contributed by atoms with Gasteiger partial charge in [-0.25, -0.2) is 4.98 Å². The number of amides is 1. The average molecular weight is 242 g/mol. The lowest BCUT2D eigenvalue weighted by atomic mass is 10.2. The van der Waals surface area contributed by atoms with Crippen molar-refractivity contribution in [2.24, 2.45) is 0 Å². The molecule has 5 nitrogen and oxygen atoms in total. The Hall–Kier alpha value is -2.43. The Labute approximate surface area is 105 Å². The van der Waals surface area contributed by atoms with Gasteiger partial charge in [0.05, 0.1) is 18.3 Å². The number of carbonyl (C=O) groups is 1. The van der Waals surface area contributed by atoms with E-state index in [2.05, 4.69) is 9.97 Å². The predicted molar refractivity (Wildman–Crippen MR) is 70.0 cm³/mol. The van der Waals surface area contributed by atoms with E-state index in [0.717, 1.165) is 11.3 Å². The van der Waals surface area contributed by atoms with Crippen LogP contribution in [0.2, 0.25) is 0 Å². The zero-order valence-corrected chi connectivity index (χ0v) is 10.1. The molecule has 0 aliphatic carbocycles. The molecule has 0 spiro atoms. The number of hydrogen-bond donors (Lipinski definition) is 1. The summed E-state index contributed by atoms with van der Waals surface area (Å²) in [6.45, 7) is 0. The highest BCUT2D eigenvalue weighted by molar-refractivity contribution is 5.94. The highest BCUT2D eigenvalue weighted by Crippen LogP contribution is 2.13. The maximum atomic E-state index is 12.0. The molecule has 1 amide bonds. The summed E-state index contributed by atoms with van der Waals surface area (Å²) in [5.41, 5.74) is 7.11. The third-order valence-corrected chi connectivity index (χ3v) is 2.61. The molecular weight excluding hydrogens is 228 g/mol. The zero-order chi connectivity index (χ0) is 13.0. The fourth-order valence-electron chi connectivity index (χ4n) is 1.54. The summed E-state index contributed by atoms with van der Waals surface area (Å²) in [5, 5.41) is 0. The molecule has 0 saturated heterocycles. The number of carbonyl (C=O) groups excluding carboxylic acids is 1. The summed E-state index contributed by atoms with van der Waals surface area (Å²) in [7, 11) is 1.71. The molecule has 2 rings (SSSR count). The number of hydrogen-bond acceptors (Lipinski definition) is 4. The largest absolute Gasteiger partial charge is 0.384 e. The third kappa shape index (κ3) is 2.82. The first-order chi connectivity index (χ1) is 8.66. The molecule has 0 saturated carbocycles. The summed E-state index contributed by atoms with van der Waals surface area (Å²) >= 11 is 0. The lowest BCUT2D eigenvalue weighted by molar-refractivity contribution is -0.117. The summed E-state index contributed by atoms with van der Waals surface area (Å²) in [5.74, 6) is 0.418. The minimum absolute atomic E-state index is 0.0189. The maximum Gasteiger partial charge on any atom is 0.231 e. The molecule has 0 aromatic carbocycles. The van der Waals surface area contributed by atoms with Crippen molar-refractivity contribution in [1.29, 1.82) is 0 Å². The zero-order valence-electron chi connectivity index (χ0n) is 10.1. The summed E-state index contributed by atoms with van der Waals surface area (Å²) in [4.78, 5) is 21.5. The van der Waals surface area contributed by atoms with Gasteiger partial charge in [0.15, 0.2) is 0 Å². The first-order valence-corrected chi connectivity index (χ1v) is 5.54. The Morgan fingerprint density at radius 2 is 2.17 bits per heavy atom. The van der Waals surface area contributed by atoms with Crippen LogP contribution in [0, 0.1) is 0 Å². The van der Waals surface area contributed by atoms with Gasteiger partial charge in [-0.05, 0) is 23.8 Å². The number of likely N-dealkylation sites (N-methyl/N-ethyl adjacent to an activating group) is 1. The van der Waals surface area contributed by atoms with Crippen LogP contribution in [0.25, 0.3) is 0 Å². The molecule has 0 radical (unpaired) electrons. The van der Waals surface area contributed by atoms with Crippen molar-refractivity contribution in [3.05, 3.63) is 48.4 Å². The second-order valence-corrected chi connectivity index (χ2v) is 3.93. The highest BCUT2D eigenvalue weighted by Gasteiger charge is 2.11. The van der Waals surface area contributed by atoms with Crippen LogP contribution < -0.4 is 10.6 Å². The number of nitrogens with zero attached hydrogens (tertiary/aromatic N) is 3. The molecule has 92 valence electrons. The molecule has 2 aromatic rings. The smallest absolute Gasteiger partial charge is 0.231 e. The van der Waals surface area contributed by atoms with E-state index in [0.29, 0.717) is 12.2 Å². The van der Waals surface area contributed by atoms with Crippen LogP contribution in [0.15, 0.2) is 42.9 Å². The van der Waals surface area contributed by atoms with Crippen molar-refractivity contribution >= 4 is 17.4 Å². The number of pyridine rings is 2. The standard InChI is InChI=1S/C13H14N4O/c1-17(11-4-5-12(14)16-9-11)13(18)7-10-3-2-6-15-8-10/h2-6,8-9H,7H2,1H3,(H2,14,16). The van der Waals surface area contributed by atoms with Gasteiger partial charge in [0.1, 0.15) is 5.82 Å². The summed E-state index contributed by atoms with van der Waals surface area (Å²) < 4.78 is 0. The Kier molecular flexibility index (Phi) is 3.52. The summed E-state index contributed by atoms with van der Waals surface area (Å²) in [6, 6.07) is 7.13. The van der Waals surface area contributed by atoms with Gasteiger partial charge in [0.25, 0.3) is 0 Å². The van der Waals surface area contributed by atoms with Crippen LogP contribution in [-0.4, -0.2) is 22.9 Å². The molecule has 0 unspecified atom stereocenters. The Morgan fingerprint density at radius 1 is 1.33 bits per heavy atom. The van der Waals surface area contributed by atoms with E-state index in [4.69, 9.17) is 5.73 Å². The van der Waals surface area contributed by atoms with Crippen molar-refractivity contribution in [1.82, 2.24) is 9.97 Å². The van der Waals surface area contributed by atoms with Crippen molar-refractivity contribution in [3.8, 4) is 0 Å². The molecule has 0 bridgehead atoms. The molecule has 2 N–H and O–H groups in total. The van der Waals surface area contributed by atoms with Gasteiger partial charge in [-0.15, -0.1) is 0 Å². The quantitative estimate of drug-likeness (QED) is 0.879. The van der Waals surface area contributed by atoms with Gasteiger partial charge < -0.3 is 10.6 Å². The van der Waals surface area contributed by atoms with Crippen LogP contribution in [0.5, 0.6) is 0 Å². The normalized spacial score (nSPS) is 10.1. The third-order valence-electron chi connectivity index (χ3n) is 2.61. The molecule has 18 heavy (non-hydrogen) atoms. The van der Waals surface area contributed by atoms with E-state index in [1.807, 2.05) is 12.1 Å². The lowest BCUT2D eigenvalue weighted by Gasteiger charge is -2.16. The van der Waals surface area contributed by atoms with Gasteiger partial charge >= 0.3 is 0 Å². The predicted octanol–water partition coefficient (Wildman–Crippen LogP) is 1.26. The maximum absolute atomic E-state index is 12.0. The number of rotatable bonds is 3. The molecule has 2 heterocycles. The topological polar surface area (TPSA) is 72.1 Å². The Balaban J connectivity index is 2.07. The lowest BCUT2D eigenvalue weighted by Crippen LogP contribution is -2.27. The molecular formula is C13H14N4O. The fourth-order valence-corrected chi connectivity index (χ4v) is 1.54. The Bertz CT molecular complexity index is 524. The second-order valence-electron chi connectivity index (χ2n) is 3.93. The SMILES string of the molecule is CN(C(=O)Cc1cccnc1)c1ccc(N)nc1. The van der Waals surface area contributed by atoms with Crippen LogP contribution >= 0.6 is 0 Å². The van der Waals surface area contributed by atoms with Crippen molar-refractivity contribution < 1.29 is 4.79 Å². The van der Waals surface area contributed by atoms with E-state index in [1.165, 1.54) is 0 Å². The first kappa shape index (κ1) is 12.0. The Morgan fingerprint density at radius 3 is 2.78 bits per heavy atom. The summed E-state index contributed by atoms with van der Waals surface area (Å²) in [6.07, 6.45) is 5.26. The minimum atomic E-state index is -0.0189. The number of aromatic nitrogens is 2. The second kappa shape index (κ2) is 5.27. The number of anilines is 2. The minimum Gasteiger partial charge on any atom is -0.384 e. The molecule has 2 aromatic heterocycles. The van der Waals surface area contributed by atoms with E-state index >= 15 is 0 Å². The van der Waals surface area contributed by atoms with Crippen molar-refractivity contribution in [3.63, 3.8) is 0 Å². The van der Waals surface area contributed by atoms with Crippen LogP contribution in [0.4, 0.5) is 11.5 Å². The van der Waals surface area contributed by atoms with Crippen molar-refractivity contribution in [2.45, 2.75) is 6.42 Å². The average Bonchev–Trinajstić information content (AvgIpc) is 2.40. The van der Waals surface area contributed by atoms with Crippen LogP contribution in [-0.2, 0) is 11.2 Å². The van der Waals surface area contributed by atoms with Gasteiger partial charge in [0.2, 0.25) is 5.91 Å². The number of nitrogens with two attached hydrogens (primary N) is 1. The first-order valence-electron chi connectivity index (χ1n) is 5.54. The van der Waals surface area contributed by atoms with Crippen LogP contribution in [0.3, 0.4) is 0 Å². The monoisotopic (exact) mass is 242 g/mol. The van der Waals surface area contributed by atoms with E-state index in [1.54, 1.807) is 42.7 Å². The van der Waals surface area contributed by atoms with E-state index < -0.39 is 0 Å². The van der Waals surface area contributed by atoms with Gasteiger partial charge in [-0.1, -0.05) is 6.07 Å². The van der Waals surface area contributed by atoms with Gasteiger partial charge in [0, 0.05) is 19.4 Å². The molecule has 0 atom stereocenters. The molecule has 0 aliphatic rings. The molecule has 0 fully saturated rings. The molecule has 5 heteroatoms. The van der Waals surface area contributed by atoms with Gasteiger partial charge in [-0.3, -0.25) is 9.78 Å². The van der Waals surface area contributed by atoms with E-state index in [9.17, 15) is 4.79 Å². The fraction of sp³-hybridized carbons (Fsp3) is 0.154. The molecule has 0 aliphatic heterocycles. The van der Waals surface area contributed by atoms with E-state index in [-0.39, 0.29) is 5.91 Å².